The number of nitrogens with one attached hydrogen (secondary N) is 1. The number of piperazine rings is 1. The molecule has 1 amide bonds. The highest BCUT2D eigenvalue weighted by Crippen LogP contribution is 2.28. The van der Waals surface area contributed by atoms with Crippen LogP contribution in [0.2, 0.25) is 0 Å². The molecule has 0 saturated carbocycles. The first kappa shape index (κ1) is 25.1. The zero-order valence-electron chi connectivity index (χ0n) is 21.1. The molecule has 0 radical (unpaired) electrons. The van der Waals surface area contributed by atoms with Gasteiger partial charge in [0, 0.05) is 37.1 Å². The summed E-state index contributed by atoms with van der Waals surface area (Å²) in [7, 11) is 1.37. The van der Waals surface area contributed by atoms with Crippen LogP contribution in [0.4, 0.5) is 11.5 Å². The maximum atomic E-state index is 13.1. The molecule has 4 rings (SSSR count). The molecule has 3 aromatic rings. The van der Waals surface area contributed by atoms with E-state index in [1.807, 2.05) is 42.7 Å². The fraction of sp³-hybridized carbons (Fsp3) is 0.370. The van der Waals surface area contributed by atoms with Gasteiger partial charge in [-0.1, -0.05) is 0 Å². The first-order valence-electron chi connectivity index (χ1n) is 11.9. The zero-order chi connectivity index (χ0) is 25.8. The number of anilines is 2. The molecule has 0 aliphatic carbocycles. The number of aromatic nitrogens is 1. The third kappa shape index (κ3) is 5.14. The maximum Gasteiger partial charge on any atom is 0.337 e. The molecule has 188 valence electrons. The Morgan fingerprint density at radius 3 is 2.56 bits per heavy atom. The van der Waals surface area contributed by atoms with Crippen molar-refractivity contribution < 1.29 is 18.7 Å². The fourth-order valence-electron chi connectivity index (χ4n) is 4.63. The number of nitriles is 1. The molecule has 36 heavy (non-hydrogen) atoms. The molecule has 1 aliphatic heterocycles. The van der Waals surface area contributed by atoms with Gasteiger partial charge in [0.25, 0.3) is 0 Å². The molecule has 1 unspecified atom stereocenters. The molecule has 9 heteroatoms. The molecule has 0 spiro atoms. The van der Waals surface area contributed by atoms with Crippen molar-refractivity contribution in [3.05, 3.63) is 70.8 Å². The highest BCUT2D eigenvalue weighted by molar-refractivity contribution is 5.93. The van der Waals surface area contributed by atoms with Gasteiger partial charge in [0.05, 0.1) is 37.6 Å². The summed E-state index contributed by atoms with van der Waals surface area (Å²) < 4.78 is 12.2. The van der Waals surface area contributed by atoms with Crippen LogP contribution in [0, 0.1) is 25.2 Å². The SMILES string of the molecule is COC(=O)c1ccc(N2CCN(CC(=O)Nc3c(C#N)c(C)c(C)n3Cc3ccco3)C(C)C2)cc1. The number of hydrogen-bond acceptors (Lipinski definition) is 7. The normalized spacial score (nSPS) is 16.0. The minimum atomic E-state index is -0.356. The minimum Gasteiger partial charge on any atom is -0.467 e. The average molecular weight is 490 g/mol. The summed E-state index contributed by atoms with van der Waals surface area (Å²) in [4.78, 5) is 29.2. The highest BCUT2D eigenvalue weighted by Gasteiger charge is 2.27. The van der Waals surface area contributed by atoms with Crippen molar-refractivity contribution in [2.24, 2.45) is 0 Å². The Morgan fingerprint density at radius 1 is 1.19 bits per heavy atom. The van der Waals surface area contributed by atoms with Gasteiger partial charge >= 0.3 is 5.97 Å². The molecule has 1 aliphatic rings. The van der Waals surface area contributed by atoms with E-state index in [2.05, 4.69) is 28.1 Å². The van der Waals surface area contributed by atoms with Crippen LogP contribution in [-0.4, -0.2) is 60.7 Å². The number of carbonyl (C=O) groups is 2. The number of methoxy groups -OCH3 is 1. The lowest BCUT2D eigenvalue weighted by Gasteiger charge is -2.40. The van der Waals surface area contributed by atoms with Gasteiger partial charge in [-0.3, -0.25) is 9.69 Å². The number of rotatable bonds is 7. The number of nitrogens with zero attached hydrogens (tertiary/aromatic N) is 4. The van der Waals surface area contributed by atoms with Crippen molar-refractivity contribution in [1.82, 2.24) is 9.47 Å². The van der Waals surface area contributed by atoms with Crippen molar-refractivity contribution in [1.29, 1.82) is 5.26 Å². The monoisotopic (exact) mass is 489 g/mol. The number of esters is 1. The minimum absolute atomic E-state index is 0.138. The molecule has 1 N–H and O–H groups in total. The fourth-order valence-corrected chi connectivity index (χ4v) is 4.63. The Labute approximate surface area is 210 Å². The van der Waals surface area contributed by atoms with Gasteiger partial charge in [0.15, 0.2) is 0 Å². The van der Waals surface area contributed by atoms with Crippen molar-refractivity contribution in [3.63, 3.8) is 0 Å². The summed E-state index contributed by atoms with van der Waals surface area (Å²) >= 11 is 0. The van der Waals surface area contributed by atoms with Gasteiger partial charge in [0.2, 0.25) is 5.91 Å². The summed E-state index contributed by atoms with van der Waals surface area (Å²) in [6.45, 7) is 8.80. The lowest BCUT2D eigenvalue weighted by Crippen LogP contribution is -2.53. The van der Waals surface area contributed by atoms with E-state index in [1.165, 1.54) is 7.11 Å². The molecular formula is C27H31N5O4. The van der Waals surface area contributed by atoms with E-state index < -0.39 is 0 Å². The summed E-state index contributed by atoms with van der Waals surface area (Å²) in [5.41, 5.74) is 3.78. The molecule has 2 aromatic heterocycles. The number of hydrogen-bond donors (Lipinski definition) is 1. The highest BCUT2D eigenvalue weighted by atomic mass is 16.5. The van der Waals surface area contributed by atoms with Crippen LogP contribution in [0.1, 0.15) is 39.9 Å². The first-order valence-corrected chi connectivity index (χ1v) is 11.9. The molecule has 0 bridgehead atoms. The quantitative estimate of drug-likeness (QED) is 0.506. The summed E-state index contributed by atoms with van der Waals surface area (Å²) in [5, 5.41) is 12.8. The third-order valence-corrected chi connectivity index (χ3v) is 6.86. The van der Waals surface area contributed by atoms with E-state index in [4.69, 9.17) is 9.15 Å². The van der Waals surface area contributed by atoms with Gasteiger partial charge in [-0.2, -0.15) is 5.26 Å². The maximum absolute atomic E-state index is 13.1. The van der Waals surface area contributed by atoms with Crippen LogP contribution in [0.5, 0.6) is 0 Å². The predicted molar refractivity (Wildman–Crippen MR) is 136 cm³/mol. The number of benzene rings is 1. The molecule has 1 aromatic carbocycles. The Hall–Kier alpha value is -4.03. The second-order valence-corrected chi connectivity index (χ2v) is 9.06. The van der Waals surface area contributed by atoms with E-state index in [0.29, 0.717) is 30.0 Å². The van der Waals surface area contributed by atoms with E-state index in [-0.39, 0.29) is 24.5 Å². The van der Waals surface area contributed by atoms with Crippen LogP contribution in [0.3, 0.4) is 0 Å². The van der Waals surface area contributed by atoms with Gasteiger partial charge in [-0.25, -0.2) is 4.79 Å². The van der Waals surface area contributed by atoms with Gasteiger partial charge in [-0.05, 0) is 62.7 Å². The van der Waals surface area contributed by atoms with Crippen LogP contribution in [0.25, 0.3) is 0 Å². The summed E-state index contributed by atoms with van der Waals surface area (Å²) in [6.07, 6.45) is 1.61. The van der Waals surface area contributed by atoms with Gasteiger partial charge in [-0.15, -0.1) is 0 Å². The lowest BCUT2D eigenvalue weighted by molar-refractivity contribution is -0.117. The second kappa shape index (κ2) is 10.7. The number of ether oxygens (including phenoxy) is 1. The van der Waals surface area contributed by atoms with Crippen LogP contribution >= 0.6 is 0 Å². The smallest absolute Gasteiger partial charge is 0.337 e. The molecule has 1 saturated heterocycles. The van der Waals surface area contributed by atoms with Crippen LogP contribution in [0.15, 0.2) is 47.1 Å². The molecule has 9 nitrogen and oxygen atoms in total. The summed E-state index contributed by atoms with van der Waals surface area (Å²) in [5.74, 6) is 0.738. The Kier molecular flexibility index (Phi) is 7.46. The van der Waals surface area contributed by atoms with E-state index in [9.17, 15) is 14.9 Å². The van der Waals surface area contributed by atoms with E-state index in [0.717, 1.165) is 35.8 Å². The molecule has 1 fully saturated rings. The third-order valence-electron chi connectivity index (χ3n) is 6.86. The van der Waals surface area contributed by atoms with Crippen LogP contribution < -0.4 is 10.2 Å². The van der Waals surface area contributed by atoms with Gasteiger partial charge < -0.3 is 23.9 Å². The average Bonchev–Trinajstić information content (AvgIpc) is 3.47. The second-order valence-electron chi connectivity index (χ2n) is 9.06. The number of amides is 1. The Balaban J connectivity index is 1.41. The topological polar surface area (TPSA) is 104 Å². The van der Waals surface area contributed by atoms with E-state index in [1.54, 1.807) is 18.4 Å². The van der Waals surface area contributed by atoms with Crippen molar-refractivity contribution in [2.45, 2.75) is 33.4 Å². The van der Waals surface area contributed by atoms with Crippen molar-refractivity contribution in [3.8, 4) is 6.07 Å². The number of furan rings is 1. The Morgan fingerprint density at radius 2 is 1.94 bits per heavy atom. The Bertz CT molecular complexity index is 1270. The van der Waals surface area contributed by atoms with Gasteiger partial charge in [0.1, 0.15) is 17.6 Å². The summed E-state index contributed by atoms with van der Waals surface area (Å²) in [6, 6.07) is 13.4. The number of carbonyl (C=O) groups excluding carboxylic acids is 2. The molecule has 1 atom stereocenters. The lowest BCUT2D eigenvalue weighted by atomic mass is 10.1. The predicted octanol–water partition coefficient (Wildman–Crippen LogP) is 3.55. The van der Waals surface area contributed by atoms with E-state index >= 15 is 0 Å². The zero-order valence-corrected chi connectivity index (χ0v) is 21.1. The first-order chi connectivity index (χ1) is 17.3. The van der Waals surface area contributed by atoms with Crippen molar-refractivity contribution in [2.75, 3.05) is 43.5 Å². The standard InChI is InChI=1S/C27H31N5O4/c1-18-15-31(22-9-7-21(8-10-22)27(34)35-4)12-11-30(18)17-25(33)29-26-24(14-28)19(2)20(3)32(26)16-23-6-5-13-36-23/h5-10,13,18H,11-12,15-17H2,1-4H3,(H,29,33). The van der Waals surface area contributed by atoms with Crippen LogP contribution in [-0.2, 0) is 16.1 Å². The molecular weight excluding hydrogens is 458 g/mol. The molecule has 3 heterocycles. The largest absolute Gasteiger partial charge is 0.467 e. The van der Waals surface area contributed by atoms with Crippen molar-refractivity contribution >= 4 is 23.4 Å².